The highest BCUT2D eigenvalue weighted by molar-refractivity contribution is 5.89. The molecule has 7 nitrogen and oxygen atoms in total. The number of nitrogen functional groups attached to an aromatic ring is 1. The summed E-state index contributed by atoms with van der Waals surface area (Å²) in [5.74, 6) is 1.33. The van der Waals surface area contributed by atoms with Gasteiger partial charge in [-0.15, -0.1) is 0 Å². The van der Waals surface area contributed by atoms with E-state index in [4.69, 9.17) is 24.7 Å². The second-order valence-corrected chi connectivity index (χ2v) is 8.45. The van der Waals surface area contributed by atoms with Crippen LogP contribution in [0.5, 0.6) is 23.0 Å². The zero-order valence-corrected chi connectivity index (χ0v) is 19.6. The van der Waals surface area contributed by atoms with Crippen LogP contribution in [-0.2, 0) is 4.74 Å². The van der Waals surface area contributed by atoms with Crippen LogP contribution in [-0.4, -0.2) is 56.4 Å². The zero-order chi connectivity index (χ0) is 24.2. The Bertz CT molecular complexity index is 1340. The number of fused-ring (bicyclic) bond motifs is 2. The van der Waals surface area contributed by atoms with Crippen molar-refractivity contribution in [3.8, 4) is 23.0 Å². The number of benzene rings is 3. The third-order valence-electron chi connectivity index (χ3n) is 6.13. The molecule has 1 aliphatic heterocycles. The van der Waals surface area contributed by atoms with Crippen molar-refractivity contribution in [3.63, 3.8) is 0 Å². The smallest absolute Gasteiger partial charge is 0.173 e. The fraction of sp³-hybridized carbons (Fsp3) is 0.296. The summed E-state index contributed by atoms with van der Waals surface area (Å²) in [6, 6.07) is 13.8. The lowest BCUT2D eigenvalue weighted by Gasteiger charge is -2.26. The number of anilines is 1. The van der Waals surface area contributed by atoms with E-state index in [-0.39, 0.29) is 5.75 Å². The number of halogens is 1. The van der Waals surface area contributed by atoms with Gasteiger partial charge in [0.2, 0.25) is 0 Å². The normalized spacial score (nSPS) is 14.3. The van der Waals surface area contributed by atoms with Crippen molar-refractivity contribution in [2.45, 2.75) is 6.42 Å². The lowest BCUT2D eigenvalue weighted by molar-refractivity contribution is 0.0357. The van der Waals surface area contributed by atoms with Crippen molar-refractivity contribution < 1.29 is 23.3 Å². The van der Waals surface area contributed by atoms with Crippen LogP contribution in [0, 0.1) is 5.82 Å². The molecule has 0 unspecified atom stereocenters. The van der Waals surface area contributed by atoms with Gasteiger partial charge in [0.1, 0.15) is 5.75 Å². The molecule has 182 valence electrons. The monoisotopic (exact) mass is 477 g/mol. The molecule has 0 amide bonds. The highest BCUT2D eigenvalue weighted by Crippen LogP contribution is 2.38. The first kappa shape index (κ1) is 23.1. The Labute approximate surface area is 203 Å². The first-order valence-corrected chi connectivity index (χ1v) is 11.7. The van der Waals surface area contributed by atoms with Gasteiger partial charge in [-0.1, -0.05) is 6.07 Å². The second-order valence-electron chi connectivity index (χ2n) is 8.45. The number of morpholine rings is 1. The molecule has 0 aliphatic carbocycles. The van der Waals surface area contributed by atoms with E-state index < -0.39 is 5.82 Å². The molecule has 0 spiro atoms. The first-order valence-electron chi connectivity index (χ1n) is 11.7. The Morgan fingerprint density at radius 3 is 2.66 bits per heavy atom. The number of aromatic nitrogens is 1. The van der Waals surface area contributed by atoms with E-state index in [2.05, 4.69) is 9.88 Å². The topological polar surface area (TPSA) is 79.1 Å². The average Bonchev–Trinajstić information content (AvgIpc) is 2.88. The number of methoxy groups -OCH3 is 1. The summed E-state index contributed by atoms with van der Waals surface area (Å²) in [7, 11) is 1.59. The number of nitrogens with zero attached hydrogens (tertiary/aromatic N) is 2. The molecule has 0 bridgehead atoms. The molecular formula is C27H28FN3O4. The number of pyridine rings is 1. The molecule has 5 rings (SSSR count). The molecule has 0 radical (unpaired) electrons. The quantitative estimate of drug-likeness (QED) is 0.282. The second kappa shape index (κ2) is 10.3. The van der Waals surface area contributed by atoms with Crippen LogP contribution >= 0.6 is 0 Å². The third kappa shape index (κ3) is 5.08. The molecule has 1 fully saturated rings. The Morgan fingerprint density at radius 1 is 0.971 bits per heavy atom. The third-order valence-corrected chi connectivity index (χ3v) is 6.13. The van der Waals surface area contributed by atoms with Gasteiger partial charge in [-0.05, 0) is 48.2 Å². The van der Waals surface area contributed by atoms with Crippen LogP contribution in [0.15, 0.2) is 54.7 Å². The minimum atomic E-state index is -0.445. The summed E-state index contributed by atoms with van der Waals surface area (Å²) < 4.78 is 38.2. The van der Waals surface area contributed by atoms with Crippen molar-refractivity contribution in [1.29, 1.82) is 0 Å². The van der Waals surface area contributed by atoms with E-state index in [0.29, 0.717) is 51.2 Å². The number of hydrogen-bond acceptors (Lipinski definition) is 7. The predicted octanol–water partition coefficient (Wildman–Crippen LogP) is 5.01. The van der Waals surface area contributed by atoms with Crippen molar-refractivity contribution in [2.75, 3.05) is 52.3 Å². The van der Waals surface area contributed by atoms with E-state index in [1.807, 2.05) is 12.1 Å². The molecule has 3 aromatic carbocycles. The molecule has 8 heteroatoms. The average molecular weight is 478 g/mol. The summed E-state index contributed by atoms with van der Waals surface area (Å²) in [4.78, 5) is 6.83. The van der Waals surface area contributed by atoms with Crippen LogP contribution < -0.4 is 19.9 Å². The van der Waals surface area contributed by atoms with Crippen LogP contribution in [0.1, 0.15) is 6.42 Å². The zero-order valence-electron chi connectivity index (χ0n) is 19.6. The van der Waals surface area contributed by atoms with Crippen molar-refractivity contribution in [2.24, 2.45) is 0 Å². The van der Waals surface area contributed by atoms with Crippen LogP contribution in [0.25, 0.3) is 21.7 Å². The van der Waals surface area contributed by atoms with Crippen LogP contribution in [0.2, 0.25) is 0 Å². The van der Waals surface area contributed by atoms with Gasteiger partial charge >= 0.3 is 0 Å². The van der Waals surface area contributed by atoms with E-state index in [0.717, 1.165) is 39.3 Å². The summed E-state index contributed by atoms with van der Waals surface area (Å²) in [6.45, 7) is 5.00. The van der Waals surface area contributed by atoms with Crippen LogP contribution in [0.4, 0.5) is 10.1 Å². The first-order chi connectivity index (χ1) is 17.1. The van der Waals surface area contributed by atoms with Gasteiger partial charge in [-0.2, -0.15) is 0 Å². The maximum absolute atomic E-state index is 15.2. The summed E-state index contributed by atoms with van der Waals surface area (Å²) in [5.41, 5.74) is 7.07. The number of ether oxygens (including phenoxy) is 4. The van der Waals surface area contributed by atoms with Gasteiger partial charge in [-0.3, -0.25) is 9.88 Å². The van der Waals surface area contributed by atoms with Gasteiger partial charge < -0.3 is 24.7 Å². The number of rotatable bonds is 8. The largest absolute Gasteiger partial charge is 0.493 e. The van der Waals surface area contributed by atoms with Crippen molar-refractivity contribution >= 4 is 27.4 Å². The Morgan fingerprint density at radius 2 is 1.83 bits per heavy atom. The molecular weight excluding hydrogens is 449 g/mol. The number of hydrogen-bond donors (Lipinski definition) is 1. The Balaban J connectivity index is 1.36. The van der Waals surface area contributed by atoms with Gasteiger partial charge in [0.05, 0.1) is 32.4 Å². The standard InChI is InChI=1S/C27H28FN3O4/c1-32-25-16-21-22(17-26(25)34-12-2-9-31-10-13-33-14-11-31)30-8-7-23(21)35-24-6-3-18-15-19(29)4-5-20(18)27(24)28/h3-8,15-17H,2,9-14,29H2,1H3. The lowest BCUT2D eigenvalue weighted by Crippen LogP contribution is -2.37. The molecule has 1 aromatic heterocycles. The van der Waals surface area contributed by atoms with E-state index in [9.17, 15) is 0 Å². The van der Waals surface area contributed by atoms with E-state index in [1.54, 1.807) is 49.7 Å². The molecule has 4 aromatic rings. The van der Waals surface area contributed by atoms with Crippen molar-refractivity contribution in [3.05, 3.63) is 60.5 Å². The van der Waals surface area contributed by atoms with Gasteiger partial charge in [-0.25, -0.2) is 4.39 Å². The minimum Gasteiger partial charge on any atom is -0.493 e. The number of nitrogens with two attached hydrogens (primary N) is 1. The highest BCUT2D eigenvalue weighted by Gasteiger charge is 2.15. The minimum absolute atomic E-state index is 0.122. The van der Waals surface area contributed by atoms with Crippen LogP contribution in [0.3, 0.4) is 0 Å². The molecule has 2 N–H and O–H groups in total. The predicted molar refractivity (Wildman–Crippen MR) is 134 cm³/mol. The fourth-order valence-electron chi connectivity index (χ4n) is 4.27. The van der Waals surface area contributed by atoms with Gasteiger partial charge in [0, 0.05) is 48.4 Å². The molecule has 0 atom stereocenters. The van der Waals surface area contributed by atoms with Gasteiger partial charge in [0.25, 0.3) is 0 Å². The molecule has 35 heavy (non-hydrogen) atoms. The van der Waals surface area contributed by atoms with E-state index >= 15 is 4.39 Å². The molecule has 0 saturated carbocycles. The maximum atomic E-state index is 15.2. The summed E-state index contributed by atoms with van der Waals surface area (Å²) >= 11 is 0. The Hall–Kier alpha value is -3.62. The maximum Gasteiger partial charge on any atom is 0.173 e. The van der Waals surface area contributed by atoms with E-state index in [1.165, 1.54) is 0 Å². The molecule has 1 aliphatic rings. The van der Waals surface area contributed by atoms with Crippen molar-refractivity contribution in [1.82, 2.24) is 9.88 Å². The lowest BCUT2D eigenvalue weighted by atomic mass is 10.1. The highest BCUT2D eigenvalue weighted by atomic mass is 19.1. The molecule has 1 saturated heterocycles. The molecule has 2 heterocycles. The Kier molecular flexibility index (Phi) is 6.83. The van der Waals surface area contributed by atoms with Gasteiger partial charge in [0.15, 0.2) is 23.1 Å². The summed E-state index contributed by atoms with van der Waals surface area (Å²) in [6.07, 6.45) is 2.52. The fourth-order valence-corrected chi connectivity index (χ4v) is 4.27. The SMILES string of the molecule is COc1cc2c(Oc3ccc4cc(N)ccc4c3F)ccnc2cc1OCCCN1CCOCC1. The summed E-state index contributed by atoms with van der Waals surface area (Å²) in [5, 5.41) is 1.86.